The van der Waals surface area contributed by atoms with Crippen molar-refractivity contribution in [2.45, 2.75) is 38.8 Å². The molecular formula is C20H25ClN2. The maximum atomic E-state index is 6.33. The van der Waals surface area contributed by atoms with E-state index in [4.69, 9.17) is 11.6 Å². The Morgan fingerprint density at radius 3 is 2.26 bits per heavy atom. The van der Waals surface area contributed by atoms with Crippen LogP contribution in [0.25, 0.3) is 0 Å². The molecule has 0 aliphatic carbocycles. The molecule has 23 heavy (non-hydrogen) atoms. The van der Waals surface area contributed by atoms with E-state index in [2.05, 4.69) is 61.4 Å². The van der Waals surface area contributed by atoms with Crippen molar-refractivity contribution in [1.29, 1.82) is 0 Å². The average Bonchev–Trinajstić information content (AvgIpc) is 2.49. The number of nitrogens with one attached hydrogen (secondary N) is 2. The van der Waals surface area contributed by atoms with E-state index in [0.717, 1.165) is 29.2 Å². The summed E-state index contributed by atoms with van der Waals surface area (Å²) in [5, 5.41) is 7.64. The molecule has 3 heteroatoms. The predicted molar refractivity (Wildman–Crippen MR) is 99.6 cm³/mol. The van der Waals surface area contributed by atoms with E-state index >= 15 is 0 Å². The summed E-state index contributed by atoms with van der Waals surface area (Å²) in [6.07, 6.45) is 1.78. The summed E-state index contributed by atoms with van der Waals surface area (Å²) in [5.41, 5.74) is 2.45. The quantitative estimate of drug-likeness (QED) is 0.742. The Morgan fingerprint density at radius 1 is 0.957 bits per heavy atom. The molecule has 1 unspecified atom stereocenters. The van der Waals surface area contributed by atoms with Crippen LogP contribution in [0, 0.1) is 0 Å². The van der Waals surface area contributed by atoms with Gasteiger partial charge in [-0.2, -0.15) is 0 Å². The topological polar surface area (TPSA) is 24.1 Å². The Hall–Kier alpha value is -1.93. The van der Waals surface area contributed by atoms with Crippen LogP contribution in [-0.2, 0) is 12.8 Å². The summed E-state index contributed by atoms with van der Waals surface area (Å²) >= 11 is 6.33. The minimum Gasteiger partial charge on any atom is -0.370 e. The molecule has 0 aliphatic heterocycles. The summed E-state index contributed by atoms with van der Waals surface area (Å²) < 4.78 is 0. The average molecular weight is 329 g/mol. The summed E-state index contributed by atoms with van der Waals surface area (Å²) in [7, 11) is 0. The molecular weight excluding hydrogens is 304 g/mol. The lowest BCUT2D eigenvalue weighted by Gasteiger charge is -2.24. The van der Waals surface area contributed by atoms with Crippen LogP contribution in [0.4, 0.5) is 0 Å². The van der Waals surface area contributed by atoms with Gasteiger partial charge in [-0.15, -0.1) is 0 Å². The smallest absolute Gasteiger partial charge is 0.0916 e. The fourth-order valence-corrected chi connectivity index (χ4v) is 2.85. The molecule has 2 nitrogen and oxygen atoms in total. The number of hydrogen-bond acceptors (Lipinski definition) is 2. The van der Waals surface area contributed by atoms with Crippen LogP contribution in [-0.4, -0.2) is 12.1 Å². The second-order valence-corrected chi connectivity index (χ2v) is 6.51. The van der Waals surface area contributed by atoms with Crippen LogP contribution >= 0.6 is 11.6 Å². The molecule has 0 heterocycles. The van der Waals surface area contributed by atoms with Crippen LogP contribution < -0.4 is 10.6 Å². The largest absolute Gasteiger partial charge is 0.370 e. The molecule has 0 spiro atoms. The number of rotatable bonds is 8. The number of benzene rings is 2. The van der Waals surface area contributed by atoms with Crippen LogP contribution in [0.5, 0.6) is 0 Å². The van der Waals surface area contributed by atoms with E-state index in [1.807, 2.05) is 24.3 Å². The minimum absolute atomic E-state index is 0.232. The van der Waals surface area contributed by atoms with Gasteiger partial charge >= 0.3 is 0 Å². The first-order valence-electron chi connectivity index (χ1n) is 8.04. The zero-order valence-corrected chi connectivity index (χ0v) is 14.6. The molecule has 2 rings (SSSR count). The van der Waals surface area contributed by atoms with Crippen LogP contribution in [0.15, 0.2) is 67.0 Å². The van der Waals surface area contributed by atoms with Gasteiger partial charge in [-0.3, -0.25) is 0 Å². The standard InChI is InChI=1S/C20H25ClN2/c1-15(2)22-16(3)23-19(13-17-9-5-4-6-10-17)14-18-11-7-8-12-20(18)21/h4-12,15,19,22-23H,3,13-14H2,1-2H3. The molecule has 0 saturated heterocycles. The van der Waals surface area contributed by atoms with Gasteiger partial charge in [-0.1, -0.05) is 66.7 Å². The van der Waals surface area contributed by atoms with Gasteiger partial charge in [0.25, 0.3) is 0 Å². The molecule has 0 amide bonds. The predicted octanol–water partition coefficient (Wildman–Crippen LogP) is 4.55. The zero-order valence-electron chi connectivity index (χ0n) is 13.9. The van der Waals surface area contributed by atoms with Gasteiger partial charge in [0, 0.05) is 17.1 Å². The van der Waals surface area contributed by atoms with E-state index in [-0.39, 0.29) is 6.04 Å². The van der Waals surface area contributed by atoms with Gasteiger partial charge < -0.3 is 10.6 Å². The first-order chi connectivity index (χ1) is 11.0. The summed E-state index contributed by atoms with van der Waals surface area (Å²) in [4.78, 5) is 0. The van der Waals surface area contributed by atoms with Crippen molar-refractivity contribution in [2.75, 3.05) is 0 Å². The van der Waals surface area contributed by atoms with Crippen LogP contribution in [0.1, 0.15) is 25.0 Å². The highest BCUT2D eigenvalue weighted by atomic mass is 35.5. The molecule has 0 saturated carbocycles. The third-order valence-corrected chi connectivity index (χ3v) is 3.96. The van der Waals surface area contributed by atoms with E-state index in [1.165, 1.54) is 5.56 Å². The molecule has 0 radical (unpaired) electrons. The fraction of sp³-hybridized carbons (Fsp3) is 0.300. The van der Waals surface area contributed by atoms with Crippen LogP contribution in [0.3, 0.4) is 0 Å². The van der Waals surface area contributed by atoms with Crippen molar-refractivity contribution in [2.24, 2.45) is 0 Å². The molecule has 2 aromatic carbocycles. The summed E-state index contributed by atoms with van der Waals surface area (Å²) in [6.45, 7) is 8.29. The molecule has 1 atom stereocenters. The maximum absolute atomic E-state index is 6.33. The molecule has 0 fully saturated rings. The highest BCUT2D eigenvalue weighted by Crippen LogP contribution is 2.18. The van der Waals surface area contributed by atoms with Gasteiger partial charge in [0.2, 0.25) is 0 Å². The first kappa shape index (κ1) is 17.4. The molecule has 2 N–H and O–H groups in total. The van der Waals surface area contributed by atoms with Crippen molar-refractivity contribution in [1.82, 2.24) is 10.6 Å². The van der Waals surface area contributed by atoms with E-state index in [0.29, 0.717) is 6.04 Å². The zero-order chi connectivity index (χ0) is 16.7. The molecule has 2 aromatic rings. The van der Waals surface area contributed by atoms with Crippen molar-refractivity contribution in [3.05, 3.63) is 83.1 Å². The Morgan fingerprint density at radius 2 is 1.61 bits per heavy atom. The lowest BCUT2D eigenvalue weighted by molar-refractivity contribution is 0.512. The maximum Gasteiger partial charge on any atom is 0.0916 e. The van der Waals surface area contributed by atoms with Crippen LogP contribution in [0.2, 0.25) is 5.02 Å². The molecule has 0 aliphatic rings. The summed E-state index contributed by atoms with van der Waals surface area (Å²) in [5.74, 6) is 0.855. The lowest BCUT2D eigenvalue weighted by Crippen LogP contribution is -2.39. The Kier molecular flexibility index (Phi) is 6.54. The van der Waals surface area contributed by atoms with Gasteiger partial charge in [0.15, 0.2) is 0 Å². The third-order valence-electron chi connectivity index (χ3n) is 3.59. The van der Waals surface area contributed by atoms with E-state index in [9.17, 15) is 0 Å². The monoisotopic (exact) mass is 328 g/mol. The highest BCUT2D eigenvalue weighted by molar-refractivity contribution is 6.31. The van der Waals surface area contributed by atoms with Gasteiger partial charge in [-0.25, -0.2) is 0 Å². The first-order valence-corrected chi connectivity index (χ1v) is 8.41. The van der Waals surface area contributed by atoms with Crippen molar-refractivity contribution >= 4 is 11.6 Å². The Balaban J connectivity index is 2.10. The molecule has 122 valence electrons. The van der Waals surface area contributed by atoms with Gasteiger partial charge in [0.05, 0.1) is 5.82 Å². The number of halogens is 1. The fourth-order valence-electron chi connectivity index (χ4n) is 2.64. The highest BCUT2D eigenvalue weighted by Gasteiger charge is 2.13. The number of hydrogen-bond donors (Lipinski definition) is 2. The van der Waals surface area contributed by atoms with Gasteiger partial charge in [-0.05, 0) is 43.9 Å². The molecule has 0 bridgehead atoms. The summed E-state index contributed by atoms with van der Waals surface area (Å²) in [6, 6.07) is 19.1. The minimum atomic E-state index is 0.232. The normalized spacial score (nSPS) is 12.0. The van der Waals surface area contributed by atoms with E-state index < -0.39 is 0 Å². The second-order valence-electron chi connectivity index (χ2n) is 6.10. The van der Waals surface area contributed by atoms with Gasteiger partial charge in [0.1, 0.15) is 0 Å². The molecule has 0 aromatic heterocycles. The van der Waals surface area contributed by atoms with Crippen molar-refractivity contribution in [3.8, 4) is 0 Å². The van der Waals surface area contributed by atoms with E-state index in [1.54, 1.807) is 0 Å². The lowest BCUT2D eigenvalue weighted by atomic mass is 9.99. The SMILES string of the molecule is C=C(NC(C)C)NC(Cc1ccccc1)Cc1ccccc1Cl. The Bertz CT molecular complexity index is 623. The second kappa shape index (κ2) is 8.64. The Labute approximate surface area is 144 Å². The third kappa shape index (κ3) is 5.99. The van der Waals surface area contributed by atoms with Crippen molar-refractivity contribution < 1.29 is 0 Å². The van der Waals surface area contributed by atoms with Crippen molar-refractivity contribution in [3.63, 3.8) is 0 Å².